The van der Waals surface area contributed by atoms with Gasteiger partial charge in [0.1, 0.15) is 24.2 Å². The summed E-state index contributed by atoms with van der Waals surface area (Å²) in [4.78, 5) is 30.6. The molecular weight excluding hydrogens is 572 g/mol. The normalized spacial score (nSPS) is 19.5. The first-order chi connectivity index (χ1) is 21.5. The highest BCUT2D eigenvalue weighted by atomic mass is 16.6. The SMILES string of the molecule is C#CCOCCCCN1CCN(CCn2nccc2C(=O)Nc2cc([C@H]3CC[C@@H](OC(=O)NC(C)C)C3)nn2C(C)(C)C)CC1. The highest BCUT2D eigenvalue weighted by Crippen LogP contribution is 2.37. The summed E-state index contributed by atoms with van der Waals surface area (Å²) in [7, 11) is 0. The van der Waals surface area contributed by atoms with E-state index < -0.39 is 0 Å². The molecule has 0 spiro atoms. The highest BCUT2D eigenvalue weighted by molar-refractivity contribution is 6.02. The Morgan fingerprint density at radius 3 is 2.51 bits per heavy atom. The van der Waals surface area contributed by atoms with Crippen LogP contribution in [0.15, 0.2) is 18.3 Å². The van der Waals surface area contributed by atoms with Gasteiger partial charge in [-0.15, -0.1) is 6.42 Å². The molecule has 1 aliphatic carbocycles. The van der Waals surface area contributed by atoms with E-state index in [0.717, 1.165) is 77.3 Å². The van der Waals surface area contributed by atoms with Gasteiger partial charge in [0.05, 0.1) is 17.8 Å². The van der Waals surface area contributed by atoms with Gasteiger partial charge in [0.25, 0.3) is 5.91 Å². The van der Waals surface area contributed by atoms with Crippen LogP contribution >= 0.6 is 0 Å². The third kappa shape index (κ3) is 10.3. The molecule has 12 nitrogen and oxygen atoms in total. The number of anilines is 1. The fourth-order valence-electron chi connectivity index (χ4n) is 5.96. The molecule has 3 heterocycles. The smallest absolute Gasteiger partial charge is 0.407 e. The van der Waals surface area contributed by atoms with Gasteiger partial charge in [-0.3, -0.25) is 14.4 Å². The number of carbonyl (C=O) groups excluding carboxylic acids is 2. The van der Waals surface area contributed by atoms with Crippen LogP contribution < -0.4 is 10.6 Å². The molecule has 1 saturated heterocycles. The van der Waals surface area contributed by atoms with Crippen LogP contribution in [-0.4, -0.2) is 106 Å². The topological polar surface area (TPSA) is 119 Å². The molecule has 2 N–H and O–H groups in total. The van der Waals surface area contributed by atoms with Crippen molar-refractivity contribution in [3.05, 3.63) is 29.7 Å². The van der Waals surface area contributed by atoms with Crippen molar-refractivity contribution in [3.8, 4) is 12.3 Å². The Morgan fingerprint density at radius 1 is 1.09 bits per heavy atom. The van der Waals surface area contributed by atoms with Crippen molar-refractivity contribution in [1.82, 2.24) is 34.7 Å². The number of unbranched alkanes of at least 4 members (excludes halogenated alkanes) is 1. The van der Waals surface area contributed by atoms with Crippen molar-refractivity contribution < 1.29 is 19.1 Å². The maximum Gasteiger partial charge on any atom is 0.407 e. The van der Waals surface area contributed by atoms with Gasteiger partial charge in [-0.25, -0.2) is 9.48 Å². The van der Waals surface area contributed by atoms with Crippen LogP contribution in [0.4, 0.5) is 10.6 Å². The lowest BCUT2D eigenvalue weighted by molar-refractivity contribution is 0.0978. The quantitative estimate of drug-likeness (QED) is 0.240. The Bertz CT molecular complexity index is 1280. The van der Waals surface area contributed by atoms with Gasteiger partial charge in [-0.1, -0.05) is 5.92 Å². The molecule has 1 aliphatic heterocycles. The third-order valence-corrected chi connectivity index (χ3v) is 8.33. The van der Waals surface area contributed by atoms with Gasteiger partial charge >= 0.3 is 6.09 Å². The predicted octanol–water partition coefficient (Wildman–Crippen LogP) is 3.91. The lowest BCUT2D eigenvalue weighted by Crippen LogP contribution is -2.47. The number of alkyl carbamates (subject to hydrolysis) is 1. The van der Waals surface area contributed by atoms with E-state index in [-0.39, 0.29) is 35.6 Å². The molecular formula is C33H52N8O4. The summed E-state index contributed by atoms with van der Waals surface area (Å²) in [5.41, 5.74) is 1.08. The van der Waals surface area contributed by atoms with Crippen molar-refractivity contribution in [3.63, 3.8) is 0 Å². The Hall–Kier alpha value is -3.40. The molecule has 12 heteroatoms. The number of terminal acetylenes is 1. The van der Waals surface area contributed by atoms with E-state index in [9.17, 15) is 9.59 Å². The molecule has 2 atom stereocenters. The van der Waals surface area contributed by atoms with Crippen molar-refractivity contribution in [2.24, 2.45) is 0 Å². The third-order valence-electron chi connectivity index (χ3n) is 8.33. The zero-order valence-corrected chi connectivity index (χ0v) is 27.8. The summed E-state index contributed by atoms with van der Waals surface area (Å²) in [6.07, 6.45) is 10.9. The van der Waals surface area contributed by atoms with Gasteiger partial charge in [-0.2, -0.15) is 10.2 Å². The van der Waals surface area contributed by atoms with Crippen molar-refractivity contribution >= 4 is 17.8 Å². The second-order valence-electron chi connectivity index (χ2n) is 13.4. The molecule has 0 aromatic carbocycles. The van der Waals surface area contributed by atoms with Gasteiger partial charge in [-0.05, 0) is 79.3 Å². The predicted molar refractivity (Wildman–Crippen MR) is 174 cm³/mol. The van der Waals surface area contributed by atoms with Crippen molar-refractivity contribution in [2.45, 2.75) is 96.9 Å². The fourth-order valence-corrected chi connectivity index (χ4v) is 5.96. The summed E-state index contributed by atoms with van der Waals surface area (Å²) < 4.78 is 14.7. The molecule has 0 unspecified atom stereocenters. The molecule has 2 aromatic heterocycles. The molecule has 2 fully saturated rings. The summed E-state index contributed by atoms with van der Waals surface area (Å²) in [6, 6.07) is 3.76. The number of ether oxygens (including phenoxy) is 2. The first-order valence-electron chi connectivity index (χ1n) is 16.4. The van der Waals surface area contributed by atoms with Crippen LogP contribution in [0.2, 0.25) is 0 Å². The standard InChI is InChI=1S/C33H52N8O4/c1-7-21-44-22-9-8-14-38-15-17-39(18-16-38)19-20-40-29(12-13-34-40)31(42)36-30-24-28(37-41(30)33(4,5)6)26-10-11-27(23-26)45-32(43)35-25(2)3/h1,12-13,24-27H,8-11,14-23H2,2-6H3,(H,35,43)(H,36,42)/t26-,27+/m0/s1. The van der Waals surface area contributed by atoms with E-state index in [1.165, 1.54) is 0 Å². The van der Waals surface area contributed by atoms with Crippen LogP contribution in [0.1, 0.15) is 88.8 Å². The van der Waals surface area contributed by atoms with E-state index in [1.54, 1.807) is 16.9 Å². The molecule has 0 radical (unpaired) electrons. The molecule has 248 valence electrons. The maximum atomic E-state index is 13.5. The van der Waals surface area contributed by atoms with E-state index >= 15 is 0 Å². The number of amides is 2. The minimum Gasteiger partial charge on any atom is -0.446 e. The average molecular weight is 625 g/mol. The van der Waals surface area contributed by atoms with Crippen LogP contribution in [-0.2, 0) is 21.6 Å². The summed E-state index contributed by atoms with van der Waals surface area (Å²) >= 11 is 0. The molecule has 0 bridgehead atoms. The number of nitrogens with one attached hydrogen (secondary N) is 2. The average Bonchev–Trinajstić information content (AvgIpc) is 3.74. The number of rotatable bonds is 14. The Labute approximate surface area is 268 Å². The maximum absolute atomic E-state index is 13.5. The number of carbonyl (C=O) groups is 2. The van der Waals surface area contributed by atoms with Crippen LogP contribution in [0.25, 0.3) is 0 Å². The van der Waals surface area contributed by atoms with E-state index in [1.807, 2.05) is 24.6 Å². The molecule has 4 rings (SSSR count). The summed E-state index contributed by atoms with van der Waals surface area (Å²) in [6.45, 7) is 17.8. The summed E-state index contributed by atoms with van der Waals surface area (Å²) in [5.74, 6) is 3.09. The van der Waals surface area contributed by atoms with Gasteiger partial charge in [0.2, 0.25) is 0 Å². The van der Waals surface area contributed by atoms with Gasteiger partial charge in [0, 0.05) is 63.6 Å². The molecule has 45 heavy (non-hydrogen) atoms. The zero-order valence-electron chi connectivity index (χ0n) is 27.8. The van der Waals surface area contributed by atoms with Crippen LogP contribution in [0.5, 0.6) is 0 Å². The summed E-state index contributed by atoms with van der Waals surface area (Å²) in [5, 5.41) is 15.3. The van der Waals surface area contributed by atoms with E-state index in [2.05, 4.69) is 52.2 Å². The number of hydrogen-bond donors (Lipinski definition) is 2. The first-order valence-corrected chi connectivity index (χ1v) is 16.4. The van der Waals surface area contributed by atoms with E-state index in [0.29, 0.717) is 31.1 Å². The fraction of sp³-hybridized carbons (Fsp3) is 0.697. The first kappa shape index (κ1) is 34.5. The minimum atomic E-state index is -0.378. The Kier molecular flexibility index (Phi) is 12.4. The molecule has 2 aliphatic rings. The van der Waals surface area contributed by atoms with Crippen LogP contribution in [0, 0.1) is 12.3 Å². The lowest BCUT2D eigenvalue weighted by atomic mass is 10.0. The lowest BCUT2D eigenvalue weighted by Gasteiger charge is -2.34. The monoisotopic (exact) mass is 624 g/mol. The zero-order chi connectivity index (χ0) is 32.4. The minimum absolute atomic E-state index is 0.0298. The van der Waals surface area contributed by atoms with Crippen molar-refractivity contribution in [2.75, 3.05) is 57.8 Å². The second kappa shape index (κ2) is 16.2. The number of piperazine rings is 1. The number of hydrogen-bond acceptors (Lipinski definition) is 8. The van der Waals surface area contributed by atoms with Crippen LogP contribution in [0.3, 0.4) is 0 Å². The van der Waals surface area contributed by atoms with Gasteiger partial charge in [0.15, 0.2) is 0 Å². The number of aromatic nitrogens is 4. The van der Waals surface area contributed by atoms with Gasteiger partial charge < -0.3 is 25.0 Å². The Balaban J connectivity index is 1.29. The Morgan fingerprint density at radius 2 is 1.82 bits per heavy atom. The number of nitrogens with zero attached hydrogens (tertiary/aromatic N) is 6. The molecule has 2 amide bonds. The molecule has 2 aromatic rings. The van der Waals surface area contributed by atoms with E-state index in [4.69, 9.17) is 21.0 Å². The highest BCUT2D eigenvalue weighted by Gasteiger charge is 2.32. The second-order valence-corrected chi connectivity index (χ2v) is 13.4. The van der Waals surface area contributed by atoms with Crippen molar-refractivity contribution in [1.29, 1.82) is 0 Å². The molecule has 1 saturated carbocycles. The largest absolute Gasteiger partial charge is 0.446 e.